The molecule has 1 aliphatic rings. The first-order chi connectivity index (χ1) is 11.9. The molecule has 6 nitrogen and oxygen atoms in total. The van der Waals surface area contributed by atoms with Crippen molar-refractivity contribution in [1.82, 2.24) is 5.32 Å². The molecule has 0 aliphatic heterocycles. The molecular formula is C18H18BrN3O3. The van der Waals surface area contributed by atoms with E-state index in [-0.39, 0.29) is 16.8 Å². The molecule has 0 heterocycles. The summed E-state index contributed by atoms with van der Waals surface area (Å²) < 4.78 is 1.01. The predicted molar refractivity (Wildman–Crippen MR) is 98.1 cm³/mol. The third-order valence-corrected chi connectivity index (χ3v) is 5.26. The minimum Gasteiger partial charge on any atom is -0.366 e. The smallest absolute Gasteiger partial charge is 0.274 e. The van der Waals surface area contributed by atoms with E-state index in [9.17, 15) is 14.9 Å². The second kappa shape index (κ2) is 6.93. The first-order valence-electron chi connectivity index (χ1n) is 7.99. The van der Waals surface area contributed by atoms with Crippen molar-refractivity contribution in [2.75, 3.05) is 0 Å². The fourth-order valence-electron chi connectivity index (χ4n) is 3.18. The van der Waals surface area contributed by atoms with Gasteiger partial charge in [0.05, 0.1) is 4.92 Å². The molecular weight excluding hydrogens is 386 g/mol. The van der Waals surface area contributed by atoms with Crippen LogP contribution < -0.4 is 11.1 Å². The summed E-state index contributed by atoms with van der Waals surface area (Å²) in [5.41, 5.74) is 6.81. The van der Waals surface area contributed by atoms with Crippen molar-refractivity contribution in [2.45, 2.75) is 31.3 Å². The van der Waals surface area contributed by atoms with Gasteiger partial charge in [0.2, 0.25) is 5.91 Å². The average Bonchev–Trinajstić information content (AvgIpc) is 2.53. The van der Waals surface area contributed by atoms with E-state index in [4.69, 9.17) is 5.73 Å². The lowest BCUT2D eigenvalue weighted by Crippen LogP contribution is -2.47. The zero-order chi connectivity index (χ0) is 18.0. The number of nitro groups is 1. The molecule has 3 N–H and O–H groups in total. The van der Waals surface area contributed by atoms with Gasteiger partial charge in [-0.2, -0.15) is 0 Å². The standard InChI is InChI=1S/C18H18BrN3O3/c19-15-4-1-3-14(10-15)18(7-2-8-18)21-11-13-6-5-12(17(20)23)9-16(13)22(24)25/h1,3-6,9-10,21H,2,7-8,11H2,(H2,20,23). The maximum absolute atomic E-state index is 11.3. The zero-order valence-electron chi connectivity index (χ0n) is 13.5. The Morgan fingerprint density at radius 3 is 2.60 bits per heavy atom. The van der Waals surface area contributed by atoms with Crippen LogP contribution in [0.15, 0.2) is 46.9 Å². The van der Waals surface area contributed by atoms with E-state index in [2.05, 4.69) is 33.4 Å². The highest BCUT2D eigenvalue weighted by Gasteiger charge is 2.38. The summed E-state index contributed by atoms with van der Waals surface area (Å²) >= 11 is 3.50. The number of amides is 1. The van der Waals surface area contributed by atoms with Crippen LogP contribution in [0.25, 0.3) is 0 Å². The van der Waals surface area contributed by atoms with E-state index in [1.807, 2.05) is 12.1 Å². The number of nitrogens with zero attached hydrogens (tertiary/aromatic N) is 1. The van der Waals surface area contributed by atoms with Gasteiger partial charge < -0.3 is 11.1 Å². The molecule has 1 fully saturated rings. The fourth-order valence-corrected chi connectivity index (χ4v) is 3.58. The monoisotopic (exact) mass is 403 g/mol. The Bertz CT molecular complexity index is 834. The highest BCUT2D eigenvalue weighted by molar-refractivity contribution is 9.10. The number of hydrogen-bond acceptors (Lipinski definition) is 4. The number of hydrogen-bond donors (Lipinski definition) is 2. The van der Waals surface area contributed by atoms with Crippen molar-refractivity contribution in [2.24, 2.45) is 5.73 Å². The summed E-state index contributed by atoms with van der Waals surface area (Å²) in [6, 6.07) is 12.5. The normalized spacial score (nSPS) is 15.4. The first kappa shape index (κ1) is 17.6. The molecule has 0 atom stereocenters. The molecule has 2 aromatic carbocycles. The Kier molecular flexibility index (Phi) is 4.87. The van der Waals surface area contributed by atoms with Gasteiger partial charge in [0.15, 0.2) is 0 Å². The number of carbonyl (C=O) groups is 1. The van der Waals surface area contributed by atoms with Crippen LogP contribution in [0.5, 0.6) is 0 Å². The lowest BCUT2D eigenvalue weighted by Gasteiger charge is -2.43. The van der Waals surface area contributed by atoms with Gasteiger partial charge in [-0.1, -0.05) is 34.1 Å². The summed E-state index contributed by atoms with van der Waals surface area (Å²) in [7, 11) is 0. The van der Waals surface area contributed by atoms with Crippen molar-refractivity contribution in [3.63, 3.8) is 0 Å². The van der Waals surface area contributed by atoms with Crippen molar-refractivity contribution >= 4 is 27.5 Å². The average molecular weight is 404 g/mol. The van der Waals surface area contributed by atoms with Crippen LogP contribution in [-0.2, 0) is 12.1 Å². The number of primary amides is 1. The van der Waals surface area contributed by atoms with E-state index in [1.54, 1.807) is 6.07 Å². The van der Waals surface area contributed by atoms with E-state index in [0.717, 1.165) is 23.7 Å². The summed E-state index contributed by atoms with van der Waals surface area (Å²) in [4.78, 5) is 22.1. The van der Waals surface area contributed by atoms with Crippen LogP contribution in [0, 0.1) is 10.1 Å². The molecule has 0 unspecified atom stereocenters. The number of carbonyl (C=O) groups excluding carboxylic acids is 1. The third-order valence-electron chi connectivity index (χ3n) is 4.77. The number of halogens is 1. The van der Waals surface area contributed by atoms with E-state index in [1.165, 1.54) is 17.7 Å². The lowest BCUT2D eigenvalue weighted by atomic mass is 9.71. The number of benzene rings is 2. The van der Waals surface area contributed by atoms with Crippen LogP contribution in [0.3, 0.4) is 0 Å². The number of nitrogens with one attached hydrogen (secondary N) is 1. The molecule has 1 aliphatic carbocycles. The van der Waals surface area contributed by atoms with Crippen molar-refractivity contribution < 1.29 is 9.72 Å². The van der Waals surface area contributed by atoms with Crippen molar-refractivity contribution in [3.05, 3.63) is 73.7 Å². The quantitative estimate of drug-likeness (QED) is 0.568. The van der Waals surface area contributed by atoms with Gasteiger partial charge in [-0.3, -0.25) is 14.9 Å². The fraction of sp³-hybridized carbons (Fsp3) is 0.278. The molecule has 130 valence electrons. The molecule has 0 spiro atoms. The second-order valence-electron chi connectivity index (χ2n) is 6.26. The van der Waals surface area contributed by atoms with Crippen LogP contribution in [0.4, 0.5) is 5.69 Å². The van der Waals surface area contributed by atoms with E-state index >= 15 is 0 Å². The Morgan fingerprint density at radius 1 is 1.28 bits per heavy atom. The Hall–Kier alpha value is -2.25. The summed E-state index contributed by atoms with van der Waals surface area (Å²) in [5, 5.41) is 14.8. The maximum atomic E-state index is 11.3. The van der Waals surface area contributed by atoms with Gasteiger partial charge in [0.1, 0.15) is 0 Å². The molecule has 7 heteroatoms. The largest absolute Gasteiger partial charge is 0.366 e. The van der Waals surface area contributed by atoms with Gasteiger partial charge in [-0.15, -0.1) is 0 Å². The lowest BCUT2D eigenvalue weighted by molar-refractivity contribution is -0.385. The Balaban J connectivity index is 1.85. The Morgan fingerprint density at radius 2 is 2.04 bits per heavy atom. The molecule has 0 radical (unpaired) electrons. The molecule has 1 amide bonds. The van der Waals surface area contributed by atoms with Gasteiger partial charge in [-0.05, 0) is 43.0 Å². The van der Waals surface area contributed by atoms with Gasteiger partial charge in [-0.25, -0.2) is 0 Å². The van der Waals surface area contributed by atoms with E-state index in [0.29, 0.717) is 12.1 Å². The molecule has 0 bridgehead atoms. The molecule has 2 aromatic rings. The summed E-state index contributed by atoms with van der Waals surface area (Å²) in [5.74, 6) is -0.674. The summed E-state index contributed by atoms with van der Waals surface area (Å²) in [6.07, 6.45) is 3.08. The van der Waals surface area contributed by atoms with Crippen LogP contribution in [0.2, 0.25) is 0 Å². The molecule has 1 saturated carbocycles. The number of nitrogens with two attached hydrogens (primary N) is 1. The Labute approximate surface area is 153 Å². The van der Waals surface area contributed by atoms with Crippen LogP contribution in [-0.4, -0.2) is 10.8 Å². The molecule has 3 rings (SSSR count). The number of rotatable bonds is 6. The highest BCUT2D eigenvalue weighted by Crippen LogP contribution is 2.42. The van der Waals surface area contributed by atoms with E-state index < -0.39 is 10.8 Å². The van der Waals surface area contributed by atoms with Crippen LogP contribution >= 0.6 is 15.9 Å². The van der Waals surface area contributed by atoms with Gasteiger partial charge in [0, 0.05) is 33.7 Å². The first-order valence-corrected chi connectivity index (χ1v) is 8.79. The predicted octanol–water partition coefficient (Wildman–Crippen LogP) is 3.63. The van der Waals surface area contributed by atoms with Gasteiger partial charge in [0.25, 0.3) is 5.69 Å². The molecule has 25 heavy (non-hydrogen) atoms. The second-order valence-corrected chi connectivity index (χ2v) is 7.18. The highest BCUT2D eigenvalue weighted by atomic mass is 79.9. The van der Waals surface area contributed by atoms with Crippen LogP contribution in [0.1, 0.15) is 40.7 Å². The minimum absolute atomic E-state index is 0.0903. The third kappa shape index (κ3) is 3.57. The topological polar surface area (TPSA) is 98.3 Å². The number of nitro benzene ring substituents is 1. The van der Waals surface area contributed by atoms with Crippen molar-refractivity contribution in [1.29, 1.82) is 0 Å². The summed E-state index contributed by atoms with van der Waals surface area (Å²) in [6.45, 7) is 0.349. The minimum atomic E-state index is -0.674. The van der Waals surface area contributed by atoms with Crippen molar-refractivity contribution in [3.8, 4) is 0 Å². The zero-order valence-corrected chi connectivity index (χ0v) is 15.1. The van der Waals surface area contributed by atoms with Gasteiger partial charge >= 0.3 is 0 Å². The maximum Gasteiger partial charge on any atom is 0.274 e. The molecule has 0 saturated heterocycles. The molecule has 0 aromatic heterocycles. The SMILES string of the molecule is NC(=O)c1ccc(CNC2(c3cccc(Br)c3)CCC2)c([N+](=O)[O-])c1.